The van der Waals surface area contributed by atoms with Gasteiger partial charge >= 0.3 is 0 Å². The van der Waals surface area contributed by atoms with E-state index >= 15 is 0 Å². The number of anilines is 1. The Kier molecular flexibility index (Phi) is 4.40. The summed E-state index contributed by atoms with van der Waals surface area (Å²) in [6, 6.07) is 12.6. The van der Waals surface area contributed by atoms with Crippen LogP contribution in [0, 0.1) is 18.3 Å². The number of carbonyl (C=O) groups excluding carboxylic acids is 1. The molecule has 6 nitrogen and oxygen atoms in total. The van der Waals surface area contributed by atoms with E-state index in [4.69, 9.17) is 5.26 Å². The first-order valence-corrected chi connectivity index (χ1v) is 7.86. The summed E-state index contributed by atoms with van der Waals surface area (Å²) in [6.45, 7) is 1.81. The normalized spacial score (nSPS) is 10.2. The molecule has 1 amide bonds. The van der Waals surface area contributed by atoms with Gasteiger partial charge in [0.05, 0.1) is 23.0 Å². The van der Waals surface area contributed by atoms with E-state index in [-0.39, 0.29) is 5.91 Å². The number of aromatic nitrogens is 3. The number of hydrogen-bond acceptors (Lipinski definition) is 4. The van der Waals surface area contributed by atoms with Crippen molar-refractivity contribution in [2.24, 2.45) is 0 Å². The Morgan fingerprint density at radius 1 is 1.33 bits per heavy atom. The molecule has 3 rings (SSSR count). The number of halogens is 1. The molecule has 2 heterocycles. The molecule has 2 aromatic heterocycles. The van der Waals surface area contributed by atoms with Gasteiger partial charge in [0.25, 0.3) is 5.91 Å². The second-order valence-electron chi connectivity index (χ2n) is 5.00. The van der Waals surface area contributed by atoms with Crippen molar-refractivity contribution in [3.63, 3.8) is 0 Å². The Hall–Kier alpha value is -2.98. The number of nitriles is 1. The topological polar surface area (TPSA) is 83.6 Å². The van der Waals surface area contributed by atoms with Crippen LogP contribution >= 0.6 is 15.9 Å². The summed E-state index contributed by atoms with van der Waals surface area (Å²) in [6.07, 6.45) is 3.18. The Balaban J connectivity index is 1.85. The van der Waals surface area contributed by atoms with E-state index in [0.29, 0.717) is 32.8 Å². The lowest BCUT2D eigenvalue weighted by Crippen LogP contribution is -2.13. The smallest absolute Gasteiger partial charge is 0.259 e. The predicted octanol–water partition coefficient (Wildman–Crippen LogP) is 3.46. The molecule has 0 unspecified atom stereocenters. The number of benzene rings is 1. The highest BCUT2D eigenvalue weighted by atomic mass is 79.9. The highest BCUT2D eigenvalue weighted by Crippen LogP contribution is 2.22. The molecule has 0 radical (unpaired) electrons. The molecule has 0 saturated carbocycles. The van der Waals surface area contributed by atoms with Gasteiger partial charge in [-0.2, -0.15) is 10.4 Å². The van der Waals surface area contributed by atoms with Gasteiger partial charge in [-0.3, -0.25) is 4.79 Å². The van der Waals surface area contributed by atoms with E-state index in [1.165, 1.54) is 6.20 Å². The monoisotopic (exact) mass is 381 g/mol. The summed E-state index contributed by atoms with van der Waals surface area (Å²) in [5.41, 5.74) is 2.25. The summed E-state index contributed by atoms with van der Waals surface area (Å²) in [4.78, 5) is 16.7. The minimum absolute atomic E-state index is 0.272. The Morgan fingerprint density at radius 3 is 2.83 bits per heavy atom. The van der Waals surface area contributed by atoms with Crippen LogP contribution in [0.15, 0.2) is 53.3 Å². The van der Waals surface area contributed by atoms with Gasteiger partial charge in [0.1, 0.15) is 6.07 Å². The lowest BCUT2D eigenvalue weighted by Gasteiger charge is -2.07. The third-order valence-corrected chi connectivity index (χ3v) is 4.12. The van der Waals surface area contributed by atoms with Gasteiger partial charge in [0, 0.05) is 16.4 Å². The highest BCUT2D eigenvalue weighted by Gasteiger charge is 2.16. The molecule has 0 aliphatic carbocycles. The zero-order valence-electron chi connectivity index (χ0n) is 12.7. The van der Waals surface area contributed by atoms with E-state index in [1.54, 1.807) is 29.1 Å². The van der Waals surface area contributed by atoms with Crippen molar-refractivity contribution >= 4 is 27.5 Å². The van der Waals surface area contributed by atoms with Crippen LogP contribution in [0.4, 0.5) is 5.69 Å². The van der Waals surface area contributed by atoms with Crippen molar-refractivity contribution in [1.29, 1.82) is 5.26 Å². The summed E-state index contributed by atoms with van der Waals surface area (Å²) in [5, 5.41) is 16.0. The summed E-state index contributed by atoms with van der Waals surface area (Å²) >= 11 is 3.30. The Morgan fingerprint density at radius 2 is 2.17 bits per heavy atom. The lowest BCUT2D eigenvalue weighted by molar-refractivity contribution is 0.102. The minimum Gasteiger partial charge on any atom is -0.322 e. The van der Waals surface area contributed by atoms with Crippen molar-refractivity contribution < 1.29 is 4.79 Å². The van der Waals surface area contributed by atoms with Gasteiger partial charge in [-0.15, -0.1) is 0 Å². The molecule has 0 bridgehead atoms. The molecular formula is C17H12BrN5O. The molecule has 0 spiro atoms. The molecule has 118 valence electrons. The predicted molar refractivity (Wildman–Crippen MR) is 92.9 cm³/mol. The second kappa shape index (κ2) is 6.64. The first kappa shape index (κ1) is 15.9. The maximum Gasteiger partial charge on any atom is 0.259 e. The van der Waals surface area contributed by atoms with Crippen molar-refractivity contribution in [1.82, 2.24) is 14.8 Å². The average molecular weight is 382 g/mol. The van der Waals surface area contributed by atoms with E-state index in [2.05, 4.69) is 37.4 Å². The number of hydrogen-bond donors (Lipinski definition) is 1. The van der Waals surface area contributed by atoms with Gasteiger partial charge in [0.15, 0.2) is 5.82 Å². The first-order chi connectivity index (χ1) is 11.6. The van der Waals surface area contributed by atoms with E-state index in [0.717, 1.165) is 0 Å². The summed E-state index contributed by atoms with van der Waals surface area (Å²) < 4.78 is 2.24. The van der Waals surface area contributed by atoms with Crippen LogP contribution < -0.4 is 5.32 Å². The van der Waals surface area contributed by atoms with Gasteiger partial charge in [-0.05, 0) is 53.2 Å². The quantitative estimate of drug-likeness (QED) is 0.752. The number of amides is 1. The average Bonchev–Trinajstić information content (AvgIpc) is 2.97. The zero-order chi connectivity index (χ0) is 17.1. The SMILES string of the molecule is Cc1c(C(=O)Nc2ccc(C#N)c(Br)c2)cnn1-c1ccccn1. The molecule has 0 saturated heterocycles. The third kappa shape index (κ3) is 3.05. The number of nitrogens with one attached hydrogen (secondary N) is 1. The highest BCUT2D eigenvalue weighted by molar-refractivity contribution is 9.10. The number of nitrogens with zero attached hydrogens (tertiary/aromatic N) is 4. The zero-order valence-corrected chi connectivity index (χ0v) is 14.3. The van der Waals surface area contributed by atoms with Crippen LogP contribution in [0.5, 0.6) is 0 Å². The molecule has 3 aromatic rings. The fraction of sp³-hybridized carbons (Fsp3) is 0.0588. The minimum atomic E-state index is -0.272. The summed E-state index contributed by atoms with van der Waals surface area (Å²) in [7, 11) is 0. The fourth-order valence-corrected chi connectivity index (χ4v) is 2.69. The molecule has 1 aromatic carbocycles. The molecule has 0 aliphatic heterocycles. The van der Waals surface area contributed by atoms with E-state index in [9.17, 15) is 4.79 Å². The molecule has 0 atom stereocenters. The molecule has 0 aliphatic rings. The largest absolute Gasteiger partial charge is 0.322 e. The van der Waals surface area contributed by atoms with E-state index < -0.39 is 0 Å². The Bertz CT molecular complexity index is 943. The number of pyridine rings is 1. The second-order valence-corrected chi connectivity index (χ2v) is 5.86. The first-order valence-electron chi connectivity index (χ1n) is 7.07. The Labute approximate surface area is 146 Å². The van der Waals surface area contributed by atoms with Crippen molar-refractivity contribution in [2.75, 3.05) is 5.32 Å². The van der Waals surface area contributed by atoms with Crippen LogP contribution in [-0.4, -0.2) is 20.7 Å². The van der Waals surface area contributed by atoms with Gasteiger partial charge in [-0.25, -0.2) is 9.67 Å². The van der Waals surface area contributed by atoms with Crippen LogP contribution in [0.25, 0.3) is 5.82 Å². The fourth-order valence-electron chi connectivity index (χ4n) is 2.22. The summed E-state index contributed by atoms with van der Waals surface area (Å²) in [5.74, 6) is 0.376. The molecule has 1 N–H and O–H groups in total. The maximum absolute atomic E-state index is 12.5. The van der Waals surface area contributed by atoms with E-state index in [1.807, 2.05) is 25.1 Å². The van der Waals surface area contributed by atoms with Crippen LogP contribution in [-0.2, 0) is 0 Å². The third-order valence-electron chi connectivity index (χ3n) is 3.47. The number of rotatable bonds is 3. The van der Waals surface area contributed by atoms with Crippen molar-refractivity contribution in [3.8, 4) is 11.9 Å². The van der Waals surface area contributed by atoms with Crippen LogP contribution in [0.2, 0.25) is 0 Å². The standard InChI is InChI=1S/C17H12BrN5O/c1-11-14(10-21-23(11)16-4-2-3-7-20-16)17(24)22-13-6-5-12(9-19)15(18)8-13/h2-8,10H,1H3,(H,22,24). The van der Waals surface area contributed by atoms with Gasteiger partial charge in [0.2, 0.25) is 0 Å². The van der Waals surface area contributed by atoms with Gasteiger partial charge in [-0.1, -0.05) is 6.07 Å². The van der Waals surface area contributed by atoms with Crippen LogP contribution in [0.3, 0.4) is 0 Å². The van der Waals surface area contributed by atoms with Crippen LogP contribution in [0.1, 0.15) is 21.6 Å². The maximum atomic E-state index is 12.5. The molecule has 24 heavy (non-hydrogen) atoms. The molecular weight excluding hydrogens is 370 g/mol. The lowest BCUT2D eigenvalue weighted by atomic mass is 10.2. The molecule has 7 heteroatoms. The molecule has 0 fully saturated rings. The van der Waals surface area contributed by atoms with Crippen molar-refractivity contribution in [2.45, 2.75) is 6.92 Å². The number of carbonyl (C=O) groups is 1. The van der Waals surface area contributed by atoms with Crippen molar-refractivity contribution in [3.05, 3.63) is 70.1 Å². The van der Waals surface area contributed by atoms with Gasteiger partial charge < -0.3 is 5.32 Å².